The van der Waals surface area contributed by atoms with Crippen LogP contribution in [0, 0.1) is 0 Å². The fourth-order valence-electron chi connectivity index (χ4n) is 1.70. The van der Waals surface area contributed by atoms with Crippen molar-refractivity contribution >= 4 is 54.8 Å². The van der Waals surface area contributed by atoms with Gasteiger partial charge in [-0.15, -0.1) is 11.3 Å². The highest BCUT2D eigenvalue weighted by Crippen LogP contribution is 2.24. The summed E-state index contributed by atoms with van der Waals surface area (Å²) in [5.74, 6) is 0. The molecule has 0 aliphatic carbocycles. The van der Waals surface area contributed by atoms with Gasteiger partial charge in [-0.25, -0.2) is 0 Å². The summed E-state index contributed by atoms with van der Waals surface area (Å²) >= 11 is 14.9. The summed E-state index contributed by atoms with van der Waals surface area (Å²) in [6, 6.07) is 8.18. The van der Waals surface area contributed by atoms with E-state index >= 15 is 0 Å². The zero-order chi connectivity index (χ0) is 13.1. The van der Waals surface area contributed by atoms with Crippen LogP contribution in [0.1, 0.15) is 10.4 Å². The predicted octanol–water partition coefficient (Wildman–Crippen LogP) is 5.56. The number of halogens is 3. The first-order valence-electron chi connectivity index (χ1n) is 5.40. The van der Waals surface area contributed by atoms with Crippen molar-refractivity contribution in [3.05, 3.63) is 54.1 Å². The van der Waals surface area contributed by atoms with Crippen LogP contribution in [0.3, 0.4) is 0 Å². The van der Waals surface area contributed by atoms with E-state index in [4.69, 9.17) is 11.6 Å². The van der Waals surface area contributed by atoms with Crippen molar-refractivity contribution in [2.24, 2.45) is 0 Å². The minimum absolute atomic E-state index is 0.809. The third kappa shape index (κ3) is 4.07. The fourth-order valence-corrected chi connectivity index (χ4v) is 3.96. The summed E-state index contributed by atoms with van der Waals surface area (Å²) in [4.78, 5) is 3.60. The Hall–Kier alpha value is 0.130. The van der Waals surface area contributed by atoms with E-state index in [1.165, 1.54) is 4.88 Å². The molecule has 2 aromatic rings. The van der Waals surface area contributed by atoms with Crippen molar-refractivity contribution in [2.45, 2.75) is 13.1 Å². The van der Waals surface area contributed by atoms with Gasteiger partial charge in [0.25, 0.3) is 0 Å². The molecular formula is C13H12Br2ClNS. The maximum absolute atomic E-state index is 6.22. The molecule has 1 aromatic heterocycles. The Morgan fingerprint density at radius 1 is 1.17 bits per heavy atom. The number of hydrogen-bond donors (Lipinski definition) is 0. The smallest absolute Gasteiger partial charge is 0.0462 e. The third-order valence-electron chi connectivity index (χ3n) is 2.50. The zero-order valence-electron chi connectivity index (χ0n) is 9.79. The summed E-state index contributed by atoms with van der Waals surface area (Å²) in [5, 5.41) is 2.92. The number of benzene rings is 1. The van der Waals surface area contributed by atoms with Crippen LogP contribution in [-0.4, -0.2) is 11.9 Å². The summed E-state index contributed by atoms with van der Waals surface area (Å²) in [5.41, 5.74) is 1.15. The van der Waals surface area contributed by atoms with Crippen molar-refractivity contribution in [1.29, 1.82) is 0 Å². The third-order valence-corrected chi connectivity index (χ3v) is 5.03. The zero-order valence-corrected chi connectivity index (χ0v) is 14.5. The molecule has 0 saturated heterocycles. The number of hydrogen-bond acceptors (Lipinski definition) is 2. The number of nitrogens with zero attached hydrogens (tertiary/aromatic N) is 1. The lowest BCUT2D eigenvalue weighted by Gasteiger charge is -2.16. The van der Waals surface area contributed by atoms with Crippen molar-refractivity contribution in [3.63, 3.8) is 0 Å². The molecule has 0 unspecified atom stereocenters. The lowest BCUT2D eigenvalue weighted by Crippen LogP contribution is -2.16. The molecule has 1 aromatic carbocycles. The quantitative estimate of drug-likeness (QED) is 0.639. The first kappa shape index (κ1) is 14.5. The first-order chi connectivity index (χ1) is 8.54. The Morgan fingerprint density at radius 2 is 1.94 bits per heavy atom. The standard InChI is InChI=1S/C13H12Br2ClNS/c1-17(7-12-4-11(15)8-18-12)6-9-2-3-10(14)5-13(9)16/h2-5,8H,6-7H2,1H3. The number of rotatable bonds is 4. The predicted molar refractivity (Wildman–Crippen MR) is 86.3 cm³/mol. The van der Waals surface area contributed by atoms with Gasteiger partial charge in [0.05, 0.1) is 0 Å². The average molecular weight is 410 g/mol. The molecule has 0 bridgehead atoms. The lowest BCUT2D eigenvalue weighted by atomic mass is 10.2. The second-order valence-corrected chi connectivity index (χ2v) is 7.37. The maximum atomic E-state index is 6.22. The van der Waals surface area contributed by atoms with Gasteiger partial charge in [0, 0.05) is 37.3 Å². The molecule has 0 atom stereocenters. The van der Waals surface area contributed by atoms with Gasteiger partial charge in [-0.2, -0.15) is 0 Å². The molecule has 18 heavy (non-hydrogen) atoms. The monoisotopic (exact) mass is 407 g/mol. The van der Waals surface area contributed by atoms with Crippen LogP contribution in [-0.2, 0) is 13.1 Å². The van der Waals surface area contributed by atoms with Gasteiger partial charge >= 0.3 is 0 Å². The highest BCUT2D eigenvalue weighted by molar-refractivity contribution is 9.10. The molecule has 0 spiro atoms. The van der Waals surface area contributed by atoms with E-state index in [1.807, 2.05) is 12.1 Å². The van der Waals surface area contributed by atoms with Gasteiger partial charge in [-0.1, -0.05) is 33.6 Å². The topological polar surface area (TPSA) is 3.24 Å². The fraction of sp³-hybridized carbons (Fsp3) is 0.231. The molecule has 96 valence electrons. The molecular weight excluding hydrogens is 397 g/mol. The molecule has 0 radical (unpaired) electrons. The van der Waals surface area contributed by atoms with Gasteiger partial charge < -0.3 is 0 Å². The Balaban J connectivity index is 2.00. The van der Waals surface area contributed by atoms with E-state index in [0.717, 1.165) is 32.6 Å². The Labute approximate surface area is 133 Å². The van der Waals surface area contributed by atoms with Gasteiger partial charge in [0.15, 0.2) is 0 Å². The minimum atomic E-state index is 0.809. The normalized spacial score (nSPS) is 11.2. The van der Waals surface area contributed by atoms with Crippen LogP contribution in [0.2, 0.25) is 5.02 Å². The molecule has 1 heterocycles. The molecule has 0 fully saturated rings. The van der Waals surface area contributed by atoms with Gasteiger partial charge in [0.1, 0.15) is 0 Å². The van der Waals surface area contributed by atoms with Crippen molar-refractivity contribution in [3.8, 4) is 0 Å². The Morgan fingerprint density at radius 3 is 2.56 bits per heavy atom. The van der Waals surface area contributed by atoms with Crippen LogP contribution in [0.4, 0.5) is 0 Å². The summed E-state index contributed by atoms with van der Waals surface area (Å²) in [6.45, 7) is 1.78. The van der Waals surface area contributed by atoms with Crippen molar-refractivity contribution < 1.29 is 0 Å². The van der Waals surface area contributed by atoms with Gasteiger partial charge in [0.2, 0.25) is 0 Å². The summed E-state index contributed by atoms with van der Waals surface area (Å²) < 4.78 is 2.17. The van der Waals surface area contributed by atoms with Crippen LogP contribution in [0.5, 0.6) is 0 Å². The SMILES string of the molecule is CN(Cc1cc(Br)cs1)Cc1ccc(Br)cc1Cl. The van der Waals surface area contributed by atoms with Crippen LogP contribution < -0.4 is 0 Å². The highest BCUT2D eigenvalue weighted by Gasteiger charge is 2.07. The number of thiophene rings is 1. The molecule has 0 saturated carbocycles. The maximum Gasteiger partial charge on any atom is 0.0462 e. The molecule has 0 N–H and O–H groups in total. The second-order valence-electron chi connectivity index (χ2n) is 4.14. The molecule has 2 rings (SSSR count). The Kier molecular flexibility index (Phi) is 5.27. The average Bonchev–Trinajstić information content (AvgIpc) is 2.68. The second kappa shape index (κ2) is 6.53. The van der Waals surface area contributed by atoms with E-state index < -0.39 is 0 Å². The first-order valence-corrected chi connectivity index (χ1v) is 8.24. The molecule has 5 heteroatoms. The van der Waals surface area contributed by atoms with E-state index in [-0.39, 0.29) is 0 Å². The van der Waals surface area contributed by atoms with Crippen molar-refractivity contribution in [2.75, 3.05) is 7.05 Å². The van der Waals surface area contributed by atoms with Crippen LogP contribution in [0.25, 0.3) is 0 Å². The molecule has 0 aliphatic rings. The summed E-state index contributed by atoms with van der Waals surface area (Å²) in [6.07, 6.45) is 0. The minimum Gasteiger partial charge on any atom is -0.297 e. The molecule has 0 aliphatic heterocycles. The van der Waals surface area contributed by atoms with Crippen molar-refractivity contribution in [1.82, 2.24) is 4.90 Å². The van der Waals surface area contributed by atoms with Gasteiger partial charge in [-0.05, 0) is 46.7 Å². The van der Waals surface area contributed by atoms with E-state index in [1.54, 1.807) is 11.3 Å². The van der Waals surface area contributed by atoms with E-state index in [2.05, 4.69) is 61.3 Å². The molecule has 1 nitrogen and oxygen atoms in total. The largest absolute Gasteiger partial charge is 0.297 e. The Bertz CT molecular complexity index is 542. The van der Waals surface area contributed by atoms with E-state index in [9.17, 15) is 0 Å². The van der Waals surface area contributed by atoms with Crippen LogP contribution >= 0.6 is 54.8 Å². The summed E-state index contributed by atoms with van der Waals surface area (Å²) in [7, 11) is 2.10. The van der Waals surface area contributed by atoms with Crippen LogP contribution in [0.15, 0.2) is 38.6 Å². The van der Waals surface area contributed by atoms with E-state index in [0.29, 0.717) is 0 Å². The molecule has 0 amide bonds. The lowest BCUT2D eigenvalue weighted by molar-refractivity contribution is 0.322. The highest BCUT2D eigenvalue weighted by atomic mass is 79.9. The van der Waals surface area contributed by atoms with Gasteiger partial charge in [-0.3, -0.25) is 4.90 Å².